The van der Waals surface area contributed by atoms with Crippen LogP contribution in [0.5, 0.6) is 17.2 Å². The first-order valence-corrected chi connectivity index (χ1v) is 17.9. The van der Waals surface area contributed by atoms with Gasteiger partial charge in [0.25, 0.3) is 0 Å². The molecule has 0 saturated carbocycles. The van der Waals surface area contributed by atoms with E-state index in [1.807, 2.05) is 52.0 Å². The maximum absolute atomic E-state index is 14.9. The van der Waals surface area contributed by atoms with Crippen molar-refractivity contribution in [2.45, 2.75) is 72.3 Å². The van der Waals surface area contributed by atoms with E-state index in [0.717, 1.165) is 49.2 Å². The molecule has 2 amide bonds. The van der Waals surface area contributed by atoms with Crippen LogP contribution in [0.3, 0.4) is 0 Å². The highest BCUT2D eigenvalue weighted by Gasteiger charge is 2.22. The van der Waals surface area contributed by atoms with Gasteiger partial charge in [0, 0.05) is 36.1 Å². The summed E-state index contributed by atoms with van der Waals surface area (Å²) in [6, 6.07) is 15.5. The number of carbonyl (C=O) groups is 2. The van der Waals surface area contributed by atoms with Crippen LogP contribution < -0.4 is 30.2 Å². The van der Waals surface area contributed by atoms with Crippen LogP contribution in [0, 0.1) is 19.7 Å². The van der Waals surface area contributed by atoms with Gasteiger partial charge in [-0.25, -0.2) is 14.2 Å². The molecular weight excluding hydrogens is 663 g/mol. The minimum absolute atomic E-state index is 0.0435. The summed E-state index contributed by atoms with van der Waals surface area (Å²) in [5, 5.41) is 8.62. The lowest BCUT2D eigenvalue weighted by atomic mass is 9.94. The Morgan fingerprint density at radius 3 is 2.56 bits per heavy atom. The molecule has 52 heavy (non-hydrogen) atoms. The molecule has 2 heterocycles. The number of hydrogen-bond acceptors (Lipinski definition) is 9. The first kappa shape index (κ1) is 38.0. The third kappa shape index (κ3) is 10.4. The van der Waals surface area contributed by atoms with Gasteiger partial charge in [0.05, 0.1) is 20.1 Å². The molecule has 0 spiro atoms. The van der Waals surface area contributed by atoms with Gasteiger partial charge >= 0.3 is 6.09 Å². The van der Waals surface area contributed by atoms with E-state index in [0.29, 0.717) is 29.2 Å². The van der Waals surface area contributed by atoms with Crippen LogP contribution in [0.25, 0.3) is 11.1 Å². The highest BCUT2D eigenvalue weighted by molar-refractivity contribution is 5.89. The van der Waals surface area contributed by atoms with Crippen molar-refractivity contribution in [1.82, 2.24) is 20.2 Å². The molecule has 3 N–H and O–H groups in total. The van der Waals surface area contributed by atoms with E-state index in [1.165, 1.54) is 44.7 Å². The number of rotatable bonds is 15. The fourth-order valence-electron chi connectivity index (χ4n) is 6.06. The van der Waals surface area contributed by atoms with Crippen molar-refractivity contribution < 1.29 is 28.2 Å². The number of halogens is 1. The summed E-state index contributed by atoms with van der Waals surface area (Å²) in [4.78, 5) is 37.2. The molecule has 0 bridgehead atoms. The number of aromatic nitrogens is 2. The van der Waals surface area contributed by atoms with E-state index in [9.17, 15) is 14.0 Å². The van der Waals surface area contributed by atoms with E-state index in [4.69, 9.17) is 14.2 Å². The Bertz CT molecular complexity index is 1850. The van der Waals surface area contributed by atoms with Crippen LogP contribution in [0.15, 0.2) is 60.8 Å². The standard InChI is InChI=1S/C40H49FN6O5/c1-6-27(3)43-37(48)24-29-22-32(31-13-10-12-26(2)28(31)4)38(35(23-29)50-5)52-40(49)46-36-16-17-42-39(45-36)44-30-14-15-34(33(41)25-30)51-21-11-20-47-18-8-7-9-19-47/h10,12-17,22-23,25,27H,6-9,11,18-21,24H2,1-5H3,(H,43,48)(H2,42,44,45,46,49). The zero-order valence-electron chi connectivity index (χ0n) is 30.7. The highest BCUT2D eigenvalue weighted by atomic mass is 19.1. The van der Waals surface area contributed by atoms with E-state index in [2.05, 4.69) is 30.8 Å². The molecule has 12 heteroatoms. The van der Waals surface area contributed by atoms with Crippen molar-refractivity contribution in [1.29, 1.82) is 0 Å². The van der Waals surface area contributed by atoms with Crippen molar-refractivity contribution >= 4 is 29.5 Å². The number of benzene rings is 3. The average molecular weight is 713 g/mol. The van der Waals surface area contributed by atoms with Crippen LogP contribution in [0.2, 0.25) is 0 Å². The lowest BCUT2D eigenvalue weighted by Gasteiger charge is -2.26. The van der Waals surface area contributed by atoms with Gasteiger partial charge in [0.1, 0.15) is 5.82 Å². The number of anilines is 3. The predicted octanol–water partition coefficient (Wildman–Crippen LogP) is 7.97. The SMILES string of the molecule is CCC(C)NC(=O)Cc1cc(OC)c(OC(=O)Nc2ccnc(Nc3ccc(OCCCN4CCCCC4)c(F)c3)n2)c(-c2cccc(C)c2C)c1. The summed E-state index contributed by atoms with van der Waals surface area (Å²) >= 11 is 0. The summed E-state index contributed by atoms with van der Waals surface area (Å²) in [6.45, 7) is 11.6. The van der Waals surface area contributed by atoms with Gasteiger partial charge in [-0.2, -0.15) is 4.98 Å². The number of ether oxygens (including phenoxy) is 3. The number of methoxy groups -OCH3 is 1. The molecule has 1 atom stereocenters. The van der Waals surface area contributed by atoms with Crippen molar-refractivity contribution in [3.05, 3.63) is 83.3 Å². The summed E-state index contributed by atoms with van der Waals surface area (Å²) in [6.07, 6.45) is 6.18. The monoisotopic (exact) mass is 712 g/mol. The van der Waals surface area contributed by atoms with Gasteiger partial charge in [0.2, 0.25) is 11.9 Å². The van der Waals surface area contributed by atoms with Gasteiger partial charge < -0.3 is 29.7 Å². The summed E-state index contributed by atoms with van der Waals surface area (Å²) in [7, 11) is 1.48. The third-order valence-electron chi connectivity index (χ3n) is 9.21. The number of carbonyl (C=O) groups excluding carboxylic acids is 2. The number of nitrogens with zero attached hydrogens (tertiary/aromatic N) is 3. The summed E-state index contributed by atoms with van der Waals surface area (Å²) < 4.78 is 32.2. The second-order valence-corrected chi connectivity index (χ2v) is 13.1. The molecule has 3 aromatic carbocycles. The second kappa shape index (κ2) is 18.3. The van der Waals surface area contributed by atoms with Crippen LogP contribution in [0.4, 0.5) is 26.6 Å². The molecule has 0 aliphatic carbocycles. The summed E-state index contributed by atoms with van der Waals surface area (Å²) in [5.74, 6) is 0.340. The van der Waals surface area contributed by atoms with Crippen LogP contribution >= 0.6 is 0 Å². The lowest BCUT2D eigenvalue weighted by molar-refractivity contribution is -0.121. The Balaban J connectivity index is 1.27. The van der Waals surface area contributed by atoms with Crippen LogP contribution in [0.1, 0.15) is 62.6 Å². The Kier molecular flexibility index (Phi) is 13.4. The number of hydrogen-bond donors (Lipinski definition) is 3. The average Bonchev–Trinajstić information content (AvgIpc) is 3.13. The second-order valence-electron chi connectivity index (χ2n) is 13.1. The first-order chi connectivity index (χ1) is 25.1. The predicted molar refractivity (Wildman–Crippen MR) is 201 cm³/mol. The molecule has 11 nitrogen and oxygen atoms in total. The molecule has 5 rings (SSSR count). The number of aryl methyl sites for hydroxylation is 1. The van der Waals surface area contributed by atoms with E-state index < -0.39 is 11.9 Å². The third-order valence-corrected chi connectivity index (χ3v) is 9.21. The van der Waals surface area contributed by atoms with Crippen molar-refractivity contribution in [2.24, 2.45) is 0 Å². The fourth-order valence-corrected chi connectivity index (χ4v) is 6.06. The number of amides is 2. The van der Waals surface area contributed by atoms with E-state index in [-0.39, 0.29) is 41.6 Å². The van der Waals surface area contributed by atoms with Gasteiger partial charge in [-0.05, 0) is 112 Å². The Morgan fingerprint density at radius 2 is 1.81 bits per heavy atom. The molecule has 1 aromatic heterocycles. The summed E-state index contributed by atoms with van der Waals surface area (Å²) in [5.41, 5.74) is 4.60. The Hall–Kier alpha value is -5.23. The van der Waals surface area contributed by atoms with Crippen molar-refractivity contribution in [2.75, 3.05) is 44.0 Å². The molecule has 276 valence electrons. The zero-order valence-corrected chi connectivity index (χ0v) is 30.7. The van der Waals surface area contributed by atoms with Gasteiger partial charge in [-0.1, -0.05) is 31.5 Å². The van der Waals surface area contributed by atoms with Crippen molar-refractivity contribution in [3.63, 3.8) is 0 Å². The zero-order chi connectivity index (χ0) is 37.0. The molecule has 1 unspecified atom stereocenters. The topological polar surface area (TPSA) is 127 Å². The minimum Gasteiger partial charge on any atom is -0.493 e. The van der Waals surface area contributed by atoms with Crippen molar-refractivity contribution in [3.8, 4) is 28.4 Å². The molecule has 1 fully saturated rings. The molecule has 4 aromatic rings. The Labute approximate surface area is 305 Å². The minimum atomic E-state index is -0.815. The molecule has 1 aliphatic heterocycles. The molecule has 0 radical (unpaired) electrons. The van der Waals surface area contributed by atoms with Gasteiger partial charge in [-0.15, -0.1) is 0 Å². The molecular formula is C40H49FN6O5. The van der Waals surface area contributed by atoms with Gasteiger partial charge in [0.15, 0.2) is 23.1 Å². The maximum atomic E-state index is 14.9. The number of piperidine rings is 1. The van der Waals surface area contributed by atoms with Crippen LogP contribution in [-0.4, -0.2) is 66.3 Å². The maximum Gasteiger partial charge on any atom is 0.418 e. The normalized spacial score (nSPS) is 13.6. The van der Waals surface area contributed by atoms with E-state index in [1.54, 1.807) is 18.2 Å². The number of nitrogens with one attached hydrogen (secondary N) is 3. The largest absolute Gasteiger partial charge is 0.493 e. The quantitative estimate of drug-likeness (QED) is 0.105. The fraction of sp³-hybridized carbons (Fsp3) is 0.400. The molecule has 1 saturated heterocycles. The number of likely N-dealkylation sites (tertiary alicyclic amines) is 1. The van der Waals surface area contributed by atoms with E-state index >= 15 is 0 Å². The molecule has 1 aliphatic rings. The lowest BCUT2D eigenvalue weighted by Crippen LogP contribution is -2.33. The van der Waals surface area contributed by atoms with Crippen LogP contribution in [-0.2, 0) is 11.2 Å². The smallest absolute Gasteiger partial charge is 0.418 e. The highest BCUT2D eigenvalue weighted by Crippen LogP contribution is 2.41. The first-order valence-electron chi connectivity index (χ1n) is 17.9. The Morgan fingerprint density at radius 1 is 1.00 bits per heavy atom. The van der Waals surface area contributed by atoms with Gasteiger partial charge in [-0.3, -0.25) is 10.1 Å².